The number of ether oxygens (including phenoxy) is 1. The highest BCUT2D eigenvalue weighted by atomic mass is 16.5. The zero-order chi connectivity index (χ0) is 23.2. The maximum absolute atomic E-state index is 5.07. The molecule has 1 saturated carbocycles. The normalized spacial score (nSPS) is 19.5. The van der Waals surface area contributed by atoms with E-state index in [0.29, 0.717) is 5.92 Å². The zero-order valence-electron chi connectivity index (χ0n) is 21.9. The van der Waals surface area contributed by atoms with Crippen molar-refractivity contribution in [2.24, 2.45) is 23.7 Å². The van der Waals surface area contributed by atoms with Crippen LogP contribution >= 0.6 is 0 Å². The lowest BCUT2D eigenvalue weighted by Crippen LogP contribution is -2.19. The fraction of sp³-hybridized carbons (Fsp3) is 0.786. The van der Waals surface area contributed by atoms with Crippen molar-refractivity contribution in [2.45, 2.75) is 108 Å². The van der Waals surface area contributed by atoms with Gasteiger partial charge in [0.05, 0.1) is 0 Å². The van der Waals surface area contributed by atoms with E-state index in [-0.39, 0.29) is 0 Å². The van der Waals surface area contributed by atoms with Gasteiger partial charge in [-0.15, -0.1) is 0 Å². The van der Waals surface area contributed by atoms with Gasteiger partial charge in [-0.3, -0.25) is 0 Å². The second-order valence-corrected chi connectivity index (χ2v) is 8.33. The number of hydrogen-bond donors (Lipinski definition) is 0. The molecule has 1 aliphatic carbocycles. The molecule has 174 valence electrons. The van der Waals surface area contributed by atoms with Gasteiger partial charge in [0.15, 0.2) is 0 Å². The van der Waals surface area contributed by atoms with E-state index in [9.17, 15) is 0 Å². The van der Waals surface area contributed by atoms with Crippen molar-refractivity contribution < 1.29 is 4.74 Å². The lowest BCUT2D eigenvalue weighted by Gasteiger charge is -2.31. The van der Waals surface area contributed by atoms with Crippen LogP contribution < -0.4 is 0 Å². The minimum Gasteiger partial charge on any atom is -0.382 e. The van der Waals surface area contributed by atoms with Crippen LogP contribution in [0.5, 0.6) is 0 Å². The second kappa shape index (κ2) is 23.5. The lowest BCUT2D eigenvalue weighted by molar-refractivity contribution is 0.144. The molecule has 0 N–H and O–H groups in total. The van der Waals surface area contributed by atoms with Gasteiger partial charge in [-0.1, -0.05) is 104 Å². The Kier molecular flexibility index (Phi) is 26.6. The molecule has 0 aromatic carbocycles. The molecule has 0 radical (unpaired) electrons. The van der Waals surface area contributed by atoms with Crippen molar-refractivity contribution in [3.63, 3.8) is 0 Å². The summed E-state index contributed by atoms with van der Waals surface area (Å²) >= 11 is 0. The number of hydrogen-bond acceptors (Lipinski definition) is 1. The highest BCUT2D eigenvalue weighted by molar-refractivity contribution is 5.12. The lowest BCUT2D eigenvalue weighted by atomic mass is 9.75. The summed E-state index contributed by atoms with van der Waals surface area (Å²) < 4.78 is 5.07. The quantitative estimate of drug-likeness (QED) is 0.220. The summed E-state index contributed by atoms with van der Waals surface area (Å²) in [5.74, 6) is 3.32. The number of rotatable bonds is 8. The van der Waals surface area contributed by atoms with Crippen LogP contribution in [0, 0.1) is 23.7 Å². The topological polar surface area (TPSA) is 9.23 Å². The minimum atomic E-state index is 0.553. The Balaban J connectivity index is -0.000000363. The summed E-state index contributed by atoms with van der Waals surface area (Å²) in [5, 5.41) is 0. The van der Waals surface area contributed by atoms with E-state index >= 15 is 0 Å². The van der Waals surface area contributed by atoms with Gasteiger partial charge < -0.3 is 4.74 Å². The molecule has 0 unspecified atom stereocenters. The van der Waals surface area contributed by atoms with E-state index in [1.165, 1.54) is 38.5 Å². The summed E-state index contributed by atoms with van der Waals surface area (Å²) in [4.78, 5) is 0. The molecule has 0 saturated heterocycles. The summed E-state index contributed by atoms with van der Waals surface area (Å²) in [6.45, 7) is 30.8. The average molecular weight is 409 g/mol. The van der Waals surface area contributed by atoms with Crippen LogP contribution in [0.2, 0.25) is 0 Å². The van der Waals surface area contributed by atoms with Crippen LogP contribution in [0.25, 0.3) is 0 Å². The van der Waals surface area contributed by atoms with E-state index in [0.717, 1.165) is 36.5 Å². The fourth-order valence-electron chi connectivity index (χ4n) is 3.05. The van der Waals surface area contributed by atoms with E-state index in [1.807, 2.05) is 20.8 Å². The first-order valence-electron chi connectivity index (χ1n) is 12.3. The van der Waals surface area contributed by atoms with Crippen LogP contribution in [0.15, 0.2) is 36.5 Å². The van der Waals surface area contributed by atoms with Crippen molar-refractivity contribution in [1.82, 2.24) is 0 Å². The van der Waals surface area contributed by atoms with Gasteiger partial charge in [-0.05, 0) is 63.7 Å². The molecule has 1 atom stereocenters. The van der Waals surface area contributed by atoms with E-state index in [2.05, 4.69) is 67.7 Å². The first-order chi connectivity index (χ1) is 13.7. The molecule has 1 aliphatic rings. The van der Waals surface area contributed by atoms with Gasteiger partial charge in [0.25, 0.3) is 0 Å². The van der Waals surface area contributed by atoms with Crippen LogP contribution in [0.4, 0.5) is 0 Å². The number of unbranched alkanes of at least 4 members (excludes halogenated alkanes) is 1. The first kappa shape index (κ1) is 32.8. The molecule has 0 aliphatic heterocycles. The highest BCUT2D eigenvalue weighted by Gasteiger charge is 2.23. The second-order valence-electron chi connectivity index (χ2n) is 8.33. The molecule has 0 aromatic rings. The minimum absolute atomic E-state index is 0.553. The Morgan fingerprint density at radius 2 is 1.59 bits per heavy atom. The molecule has 0 heterocycles. The van der Waals surface area contributed by atoms with Crippen LogP contribution in [0.3, 0.4) is 0 Å². The average Bonchev–Trinajstić information content (AvgIpc) is 2.75. The Hall–Kier alpha value is -0.820. The van der Waals surface area contributed by atoms with Crippen molar-refractivity contribution in [2.75, 3.05) is 13.2 Å². The third kappa shape index (κ3) is 20.2. The monoisotopic (exact) mass is 408 g/mol. The SMILES string of the molecule is C/C=C(\C)[C@H](C)C1CCC(C)CC1.C=CC(=C)C(C)C.CC.CCCCOCC. The highest BCUT2D eigenvalue weighted by Crippen LogP contribution is 2.35. The van der Waals surface area contributed by atoms with Crippen LogP contribution in [-0.2, 0) is 4.74 Å². The predicted octanol–water partition coefficient (Wildman–Crippen LogP) is 9.65. The molecule has 1 rings (SSSR count). The van der Waals surface area contributed by atoms with Crippen molar-refractivity contribution in [3.8, 4) is 0 Å². The van der Waals surface area contributed by atoms with Gasteiger partial charge in [0.2, 0.25) is 0 Å². The molecule has 1 heteroatoms. The van der Waals surface area contributed by atoms with E-state index in [4.69, 9.17) is 4.74 Å². The maximum Gasteiger partial charge on any atom is 0.0465 e. The summed E-state index contributed by atoms with van der Waals surface area (Å²) in [5.41, 5.74) is 2.69. The molecule has 1 fully saturated rings. The zero-order valence-corrected chi connectivity index (χ0v) is 21.9. The smallest absolute Gasteiger partial charge is 0.0465 e. The molecule has 0 aromatic heterocycles. The summed E-state index contributed by atoms with van der Waals surface area (Å²) in [6.07, 6.45) is 12.3. The van der Waals surface area contributed by atoms with Gasteiger partial charge in [0, 0.05) is 13.2 Å². The van der Waals surface area contributed by atoms with E-state index < -0.39 is 0 Å². The van der Waals surface area contributed by atoms with Crippen molar-refractivity contribution in [3.05, 3.63) is 36.5 Å². The van der Waals surface area contributed by atoms with Gasteiger partial charge in [-0.2, -0.15) is 0 Å². The summed E-state index contributed by atoms with van der Waals surface area (Å²) in [6, 6.07) is 0. The Morgan fingerprint density at radius 1 is 1.07 bits per heavy atom. The molecule has 29 heavy (non-hydrogen) atoms. The fourth-order valence-corrected chi connectivity index (χ4v) is 3.05. The van der Waals surface area contributed by atoms with Crippen molar-refractivity contribution >= 4 is 0 Å². The third-order valence-electron chi connectivity index (χ3n) is 5.79. The Labute approximate surface area is 186 Å². The van der Waals surface area contributed by atoms with Gasteiger partial charge in [0.1, 0.15) is 0 Å². The standard InChI is InChI=1S/C13H24.C7H12.C6H14O.C2H6/c1-5-11(3)12(4)13-8-6-10(2)7-9-13;1-5-7(4)6(2)3;1-3-5-6-7-4-2;1-2/h5,10,12-13H,6-9H2,1-4H3;5-6H,1,4H2,2-3H3;3-6H2,1-2H3;1-2H3/b11-5+;;;/t10?,12-,13?;;;/m0.../s1. The molecule has 0 amide bonds. The number of allylic oxidation sites excluding steroid dienone is 4. The summed E-state index contributed by atoms with van der Waals surface area (Å²) in [7, 11) is 0. The van der Waals surface area contributed by atoms with Crippen molar-refractivity contribution in [1.29, 1.82) is 0 Å². The molecule has 1 nitrogen and oxygen atoms in total. The van der Waals surface area contributed by atoms with Gasteiger partial charge >= 0.3 is 0 Å². The van der Waals surface area contributed by atoms with Gasteiger partial charge in [-0.25, -0.2) is 0 Å². The molecular formula is C28H56O. The molecule has 0 spiro atoms. The molecule has 0 bridgehead atoms. The maximum atomic E-state index is 5.07. The largest absolute Gasteiger partial charge is 0.382 e. The van der Waals surface area contributed by atoms with Crippen LogP contribution in [-0.4, -0.2) is 13.2 Å². The Morgan fingerprint density at radius 3 is 1.90 bits per heavy atom. The third-order valence-corrected chi connectivity index (χ3v) is 5.79. The first-order valence-corrected chi connectivity index (χ1v) is 12.3. The molecular weight excluding hydrogens is 352 g/mol. The van der Waals surface area contributed by atoms with Crippen LogP contribution in [0.1, 0.15) is 108 Å². The Bertz CT molecular complexity index is 379. The predicted molar refractivity (Wildman–Crippen MR) is 137 cm³/mol. The van der Waals surface area contributed by atoms with E-state index in [1.54, 1.807) is 11.6 Å².